The molecule has 0 N–H and O–H groups in total. The molecule has 4 aromatic carbocycles. The van der Waals surface area contributed by atoms with Crippen LogP contribution in [0.4, 0.5) is 5.69 Å². The third-order valence-electron chi connectivity index (χ3n) is 7.19. The Hall–Kier alpha value is -4.13. The summed E-state index contributed by atoms with van der Waals surface area (Å²) in [5.41, 5.74) is 6.04. The maximum absolute atomic E-state index is 14.3. The second-order valence-electron chi connectivity index (χ2n) is 9.81. The highest BCUT2D eigenvalue weighted by Gasteiger charge is 2.35. The van der Waals surface area contributed by atoms with Crippen LogP contribution >= 0.6 is 0 Å². The number of anilines is 1. The van der Waals surface area contributed by atoms with Crippen LogP contribution in [0.2, 0.25) is 0 Å². The molecule has 1 aliphatic heterocycles. The maximum atomic E-state index is 14.3. The smallest absolute Gasteiger partial charge is 0.264 e. The Morgan fingerprint density at radius 1 is 0.795 bits per heavy atom. The zero-order chi connectivity index (χ0) is 27.0. The third kappa shape index (κ3) is 4.67. The van der Waals surface area contributed by atoms with Gasteiger partial charge in [0.05, 0.1) is 18.0 Å². The molecule has 2 heterocycles. The molecule has 1 unspecified atom stereocenters. The molecule has 1 aliphatic rings. The molecule has 0 amide bonds. The van der Waals surface area contributed by atoms with Gasteiger partial charge in [-0.25, -0.2) is 8.42 Å². The van der Waals surface area contributed by atoms with Crippen molar-refractivity contribution in [2.45, 2.75) is 24.8 Å². The van der Waals surface area contributed by atoms with E-state index in [2.05, 4.69) is 13.0 Å². The monoisotopic (exact) mass is 535 g/mol. The molecule has 0 saturated carbocycles. The number of nitrogens with zero attached hydrogens (tertiary/aromatic N) is 1. The minimum atomic E-state index is -3.96. The molecule has 1 atom stereocenters. The predicted octanol–water partition coefficient (Wildman–Crippen LogP) is 7.45. The van der Waals surface area contributed by atoms with Gasteiger partial charge in [-0.3, -0.25) is 4.31 Å². The number of sulfonamides is 1. The molecule has 196 valence electrons. The number of hydrogen-bond acceptors (Lipinski definition) is 4. The lowest BCUT2D eigenvalue weighted by Gasteiger charge is -2.25. The van der Waals surface area contributed by atoms with Crippen molar-refractivity contribution in [2.24, 2.45) is 0 Å². The second kappa shape index (κ2) is 10.2. The summed E-state index contributed by atoms with van der Waals surface area (Å²) in [4.78, 5) is 0.228. The van der Waals surface area contributed by atoms with Crippen molar-refractivity contribution in [2.75, 3.05) is 17.5 Å². The number of fused-ring (bicyclic) bond motifs is 3. The summed E-state index contributed by atoms with van der Waals surface area (Å²) in [7, 11) is -3.96. The van der Waals surface area contributed by atoms with Gasteiger partial charge in [-0.05, 0) is 60.4 Å². The molecule has 0 bridgehead atoms. The minimum Gasteiger partial charge on any atom is -0.456 e. The van der Waals surface area contributed by atoms with E-state index in [1.54, 1.807) is 12.1 Å². The van der Waals surface area contributed by atoms with Crippen LogP contribution in [0.1, 0.15) is 34.1 Å². The van der Waals surface area contributed by atoms with E-state index in [0.29, 0.717) is 23.6 Å². The number of ether oxygens (including phenoxy) is 1. The average molecular weight is 536 g/mol. The maximum Gasteiger partial charge on any atom is 0.264 e. The van der Waals surface area contributed by atoms with Gasteiger partial charge in [0.2, 0.25) is 0 Å². The molecule has 0 saturated heterocycles. The van der Waals surface area contributed by atoms with Gasteiger partial charge in [0.1, 0.15) is 17.4 Å². The Balaban J connectivity index is 1.62. The summed E-state index contributed by atoms with van der Waals surface area (Å²) in [6, 6.07) is 32.4. The van der Waals surface area contributed by atoms with Gasteiger partial charge >= 0.3 is 0 Å². The van der Waals surface area contributed by atoms with E-state index < -0.39 is 16.1 Å². The van der Waals surface area contributed by atoms with E-state index in [9.17, 15) is 8.42 Å². The van der Waals surface area contributed by atoms with E-state index in [1.165, 1.54) is 4.31 Å². The highest BCUT2D eigenvalue weighted by atomic mass is 32.2. The van der Waals surface area contributed by atoms with Crippen LogP contribution in [0.5, 0.6) is 0 Å². The van der Waals surface area contributed by atoms with Crippen molar-refractivity contribution in [1.82, 2.24) is 0 Å². The largest absolute Gasteiger partial charge is 0.456 e. The quantitative estimate of drug-likeness (QED) is 0.240. The molecule has 6 rings (SSSR count). The molecule has 5 aromatic rings. The van der Waals surface area contributed by atoms with Crippen LogP contribution < -0.4 is 4.31 Å². The number of furan rings is 1. The molecule has 0 radical (unpaired) electrons. The zero-order valence-corrected chi connectivity index (χ0v) is 22.7. The lowest BCUT2D eigenvalue weighted by molar-refractivity contribution is 0.0931. The summed E-state index contributed by atoms with van der Waals surface area (Å²) in [5, 5.41) is 0.723. The molecule has 1 aromatic heterocycles. The van der Waals surface area contributed by atoms with Crippen LogP contribution in [-0.4, -0.2) is 21.6 Å². The Morgan fingerprint density at radius 3 is 2.26 bits per heavy atom. The van der Waals surface area contributed by atoms with E-state index in [0.717, 1.165) is 33.2 Å². The van der Waals surface area contributed by atoms with Crippen molar-refractivity contribution in [1.29, 1.82) is 0 Å². The van der Waals surface area contributed by atoms with Gasteiger partial charge in [-0.2, -0.15) is 0 Å². The predicted molar refractivity (Wildman–Crippen MR) is 155 cm³/mol. The fraction of sp³-hybridized carbons (Fsp3) is 0.152. The average Bonchev–Trinajstić information content (AvgIpc) is 3.34. The first-order chi connectivity index (χ1) is 18.9. The lowest BCUT2D eigenvalue weighted by Crippen LogP contribution is -2.32. The summed E-state index contributed by atoms with van der Waals surface area (Å²) in [6.07, 6.45) is 1.35. The van der Waals surface area contributed by atoms with Crippen LogP contribution in [0.15, 0.2) is 119 Å². The Bertz CT molecular complexity index is 1770. The molecule has 39 heavy (non-hydrogen) atoms. The summed E-state index contributed by atoms with van der Waals surface area (Å²) in [5.74, 6) is 0.470. The normalized spacial score (nSPS) is 17.5. The van der Waals surface area contributed by atoms with Crippen LogP contribution in [0.25, 0.3) is 16.5 Å². The second-order valence-corrected chi connectivity index (χ2v) is 11.7. The Kier molecular flexibility index (Phi) is 6.59. The van der Waals surface area contributed by atoms with E-state index in [4.69, 9.17) is 9.15 Å². The molecule has 6 heteroatoms. The third-order valence-corrected chi connectivity index (χ3v) is 8.97. The van der Waals surface area contributed by atoms with Gasteiger partial charge in [0.25, 0.3) is 10.0 Å². The highest BCUT2D eigenvalue weighted by Crippen LogP contribution is 2.44. The van der Waals surface area contributed by atoms with Crippen molar-refractivity contribution in [3.63, 3.8) is 0 Å². The number of para-hydroxylation sites is 1. The molecule has 5 nitrogen and oxygen atoms in total. The van der Waals surface area contributed by atoms with Crippen molar-refractivity contribution < 1.29 is 17.6 Å². The number of benzene rings is 4. The number of rotatable bonds is 4. The van der Waals surface area contributed by atoms with Gasteiger partial charge in [-0.1, -0.05) is 90.5 Å². The minimum absolute atomic E-state index is 0.126. The fourth-order valence-electron chi connectivity index (χ4n) is 5.13. The van der Waals surface area contributed by atoms with Crippen LogP contribution in [-0.2, 0) is 14.8 Å². The number of hydrogen-bond donors (Lipinski definition) is 0. The zero-order valence-electron chi connectivity index (χ0n) is 21.9. The van der Waals surface area contributed by atoms with E-state index in [1.807, 2.05) is 97.9 Å². The topological polar surface area (TPSA) is 59.8 Å². The molecule has 0 aliphatic carbocycles. The van der Waals surface area contributed by atoms with Gasteiger partial charge in [0, 0.05) is 5.39 Å². The summed E-state index contributed by atoms with van der Waals surface area (Å²) < 4.78 is 43.2. The van der Waals surface area contributed by atoms with Crippen molar-refractivity contribution >= 4 is 32.3 Å². The van der Waals surface area contributed by atoms with Gasteiger partial charge in [-0.15, -0.1) is 0 Å². The molecule has 0 fully saturated rings. The fourth-order valence-corrected chi connectivity index (χ4v) is 6.56. The first-order valence-corrected chi connectivity index (χ1v) is 14.4. The standard InChI is InChI=1S/C33H29NO4S/c1-23-16-18-27(19-17-23)39(35,36)34-21-20-26(28-13-7-6-10-24(28)2)22-37-32(25-11-4-3-5-12-25)33-31(34)29-14-8-9-15-30(29)38-33/h3-20,32H,21-22H2,1-2H3/b26-20+. The van der Waals surface area contributed by atoms with Gasteiger partial charge < -0.3 is 9.15 Å². The highest BCUT2D eigenvalue weighted by molar-refractivity contribution is 7.92. The van der Waals surface area contributed by atoms with E-state index in [-0.39, 0.29) is 11.4 Å². The lowest BCUT2D eigenvalue weighted by atomic mass is 10.0. The van der Waals surface area contributed by atoms with Crippen molar-refractivity contribution in [3.05, 3.63) is 137 Å². The summed E-state index contributed by atoms with van der Waals surface area (Å²) >= 11 is 0. The number of aryl methyl sites for hydroxylation is 2. The molecular formula is C33H29NO4S. The molecular weight excluding hydrogens is 506 g/mol. The van der Waals surface area contributed by atoms with E-state index >= 15 is 0 Å². The summed E-state index contributed by atoms with van der Waals surface area (Å²) in [6.45, 7) is 4.41. The Morgan fingerprint density at radius 2 is 1.49 bits per heavy atom. The first kappa shape index (κ1) is 25.2. The van der Waals surface area contributed by atoms with Crippen molar-refractivity contribution in [3.8, 4) is 0 Å². The molecule has 0 spiro atoms. The van der Waals surface area contributed by atoms with Crippen LogP contribution in [0.3, 0.4) is 0 Å². The first-order valence-electron chi connectivity index (χ1n) is 13.0. The van der Waals surface area contributed by atoms with Gasteiger partial charge in [0.15, 0.2) is 5.76 Å². The Labute approximate surface area is 229 Å². The van der Waals surface area contributed by atoms with Crippen LogP contribution in [0, 0.1) is 13.8 Å². The SMILES string of the molecule is Cc1ccc(S(=O)(=O)N2C/C=C(/c3ccccc3C)COC(c3ccccc3)c3oc4ccccc4c32)cc1.